The molecule has 0 saturated carbocycles. The molecule has 0 radical (unpaired) electrons. The second kappa shape index (κ2) is 8.24. The van der Waals surface area contributed by atoms with Gasteiger partial charge in [-0.3, -0.25) is 14.9 Å². The van der Waals surface area contributed by atoms with Crippen LogP contribution in [-0.2, 0) is 4.79 Å². The number of hydrogen-bond acceptors (Lipinski definition) is 7. The summed E-state index contributed by atoms with van der Waals surface area (Å²) >= 11 is 4.35. The van der Waals surface area contributed by atoms with Crippen LogP contribution in [0.2, 0.25) is 0 Å². The van der Waals surface area contributed by atoms with E-state index < -0.39 is 0 Å². The molecular formula is C20H16N4O2S3. The molecule has 2 N–H and O–H groups in total. The van der Waals surface area contributed by atoms with Crippen LogP contribution in [-0.4, -0.2) is 21.8 Å². The summed E-state index contributed by atoms with van der Waals surface area (Å²) in [5.74, 6) is -0.319. The van der Waals surface area contributed by atoms with Crippen LogP contribution in [0.5, 0.6) is 0 Å². The highest BCUT2D eigenvalue weighted by Gasteiger charge is 2.18. The van der Waals surface area contributed by atoms with E-state index in [0.29, 0.717) is 15.7 Å². The number of aromatic nitrogens is 2. The normalized spacial score (nSPS) is 10.7. The number of thiophene rings is 1. The van der Waals surface area contributed by atoms with Crippen LogP contribution in [0.4, 0.5) is 10.8 Å². The van der Waals surface area contributed by atoms with Gasteiger partial charge in [-0.2, -0.15) is 11.3 Å². The summed E-state index contributed by atoms with van der Waals surface area (Å²) in [7, 11) is 0. The number of carbonyl (C=O) groups is 2. The zero-order chi connectivity index (χ0) is 20.4. The molecular weight excluding hydrogens is 424 g/mol. The van der Waals surface area contributed by atoms with Gasteiger partial charge in [0.25, 0.3) is 5.91 Å². The summed E-state index contributed by atoms with van der Waals surface area (Å²) in [6, 6.07) is 9.40. The van der Waals surface area contributed by atoms with Crippen molar-refractivity contribution in [3.63, 3.8) is 0 Å². The summed E-state index contributed by atoms with van der Waals surface area (Å²) in [4.78, 5) is 33.4. The van der Waals surface area contributed by atoms with Crippen LogP contribution in [0, 0.1) is 6.92 Å². The molecule has 0 spiro atoms. The van der Waals surface area contributed by atoms with Gasteiger partial charge in [0.1, 0.15) is 9.88 Å². The van der Waals surface area contributed by atoms with Gasteiger partial charge in [-0.15, -0.1) is 22.7 Å². The van der Waals surface area contributed by atoms with E-state index in [-0.39, 0.29) is 11.8 Å². The quantitative estimate of drug-likeness (QED) is 0.428. The van der Waals surface area contributed by atoms with E-state index in [1.54, 1.807) is 11.3 Å². The topological polar surface area (TPSA) is 84.0 Å². The predicted octanol–water partition coefficient (Wildman–Crippen LogP) is 5.51. The first kappa shape index (κ1) is 19.4. The molecule has 4 aromatic rings. The van der Waals surface area contributed by atoms with Crippen molar-refractivity contribution >= 4 is 56.6 Å². The van der Waals surface area contributed by atoms with Crippen molar-refractivity contribution < 1.29 is 9.59 Å². The third-order valence-electron chi connectivity index (χ3n) is 4.00. The minimum absolute atomic E-state index is 0.114. The summed E-state index contributed by atoms with van der Waals surface area (Å²) in [6.07, 6.45) is 0. The third-order valence-corrected chi connectivity index (χ3v) is 6.64. The summed E-state index contributed by atoms with van der Waals surface area (Å²) in [5, 5.41) is 12.9. The van der Waals surface area contributed by atoms with Gasteiger partial charge in [-0.25, -0.2) is 9.97 Å². The fourth-order valence-corrected chi connectivity index (χ4v) is 5.05. The summed E-state index contributed by atoms with van der Waals surface area (Å²) < 4.78 is 0. The van der Waals surface area contributed by atoms with Gasteiger partial charge in [0, 0.05) is 34.5 Å². The smallest absolute Gasteiger partial charge is 0.269 e. The molecule has 0 fully saturated rings. The number of hydrogen-bond donors (Lipinski definition) is 2. The van der Waals surface area contributed by atoms with Gasteiger partial charge < -0.3 is 5.32 Å². The Morgan fingerprint density at radius 1 is 0.966 bits per heavy atom. The lowest BCUT2D eigenvalue weighted by atomic mass is 10.1. The Kier molecular flexibility index (Phi) is 5.52. The van der Waals surface area contributed by atoms with Crippen molar-refractivity contribution in [3.8, 4) is 21.8 Å². The molecule has 146 valence electrons. The first-order valence-electron chi connectivity index (χ1n) is 8.64. The van der Waals surface area contributed by atoms with Gasteiger partial charge >= 0.3 is 0 Å². The van der Waals surface area contributed by atoms with Crippen LogP contribution in [0.25, 0.3) is 21.8 Å². The fraction of sp³-hybridized carbons (Fsp3) is 0.100. The van der Waals surface area contributed by atoms with E-state index in [1.165, 1.54) is 29.6 Å². The lowest BCUT2D eigenvalue weighted by Gasteiger charge is -2.03. The second-order valence-electron chi connectivity index (χ2n) is 6.20. The predicted molar refractivity (Wildman–Crippen MR) is 120 cm³/mol. The lowest BCUT2D eigenvalue weighted by Crippen LogP contribution is -2.11. The maximum atomic E-state index is 12.7. The zero-order valence-electron chi connectivity index (χ0n) is 15.6. The van der Waals surface area contributed by atoms with E-state index in [1.807, 2.05) is 53.4 Å². The highest BCUT2D eigenvalue weighted by molar-refractivity contribution is 7.18. The third kappa shape index (κ3) is 4.42. The molecule has 6 nitrogen and oxygen atoms in total. The van der Waals surface area contributed by atoms with Gasteiger partial charge in [-0.05, 0) is 30.5 Å². The molecule has 4 rings (SSSR count). The van der Waals surface area contributed by atoms with Gasteiger partial charge in [0.15, 0.2) is 5.13 Å². The van der Waals surface area contributed by atoms with E-state index >= 15 is 0 Å². The molecule has 0 unspecified atom stereocenters. The highest BCUT2D eigenvalue weighted by atomic mass is 32.1. The number of aryl methyl sites for hydroxylation is 1. The Hall–Kier alpha value is -2.88. The number of nitrogens with zero attached hydrogens (tertiary/aromatic N) is 2. The van der Waals surface area contributed by atoms with E-state index in [0.717, 1.165) is 27.5 Å². The number of anilines is 2. The molecule has 0 saturated heterocycles. The Morgan fingerprint density at radius 3 is 2.45 bits per heavy atom. The monoisotopic (exact) mass is 440 g/mol. The molecule has 9 heteroatoms. The molecule has 3 heterocycles. The number of thiazole rings is 2. The number of amides is 2. The molecule has 29 heavy (non-hydrogen) atoms. The molecule has 3 aromatic heterocycles. The molecule has 0 aliphatic rings. The molecule has 2 amide bonds. The van der Waals surface area contributed by atoms with Gasteiger partial charge in [-0.1, -0.05) is 12.1 Å². The number of benzene rings is 1. The van der Waals surface area contributed by atoms with E-state index in [9.17, 15) is 9.59 Å². The van der Waals surface area contributed by atoms with Crippen LogP contribution < -0.4 is 10.6 Å². The number of nitrogens with one attached hydrogen (secondary N) is 2. The van der Waals surface area contributed by atoms with Crippen molar-refractivity contribution in [1.29, 1.82) is 0 Å². The molecule has 0 bridgehead atoms. The van der Waals surface area contributed by atoms with Crippen molar-refractivity contribution in [2.75, 3.05) is 10.6 Å². The average Bonchev–Trinajstić information content (AvgIpc) is 3.42. The Balaban J connectivity index is 1.48. The van der Waals surface area contributed by atoms with Crippen molar-refractivity contribution in [3.05, 3.63) is 57.0 Å². The molecule has 1 aromatic carbocycles. The minimum atomic E-state index is -0.205. The van der Waals surface area contributed by atoms with E-state index in [2.05, 4.69) is 20.6 Å². The SMILES string of the molecule is CC(=O)Nc1ccc(-c2csc(NC(=O)c3sc(-c4ccsc4)nc3C)n2)cc1. The Morgan fingerprint density at radius 2 is 1.76 bits per heavy atom. The first-order chi connectivity index (χ1) is 14.0. The van der Waals surface area contributed by atoms with Crippen molar-refractivity contribution in [2.24, 2.45) is 0 Å². The van der Waals surface area contributed by atoms with Crippen LogP contribution in [0.15, 0.2) is 46.5 Å². The Bertz CT molecular complexity index is 1160. The van der Waals surface area contributed by atoms with Gasteiger partial charge in [0.2, 0.25) is 5.91 Å². The number of carbonyl (C=O) groups excluding carboxylic acids is 2. The summed E-state index contributed by atoms with van der Waals surface area (Å²) in [5.41, 5.74) is 4.14. The summed E-state index contributed by atoms with van der Waals surface area (Å²) in [6.45, 7) is 3.31. The standard InChI is InChI=1S/C20H16N4O2S3/c1-11-17(29-19(21-11)14-7-8-27-9-14)18(26)24-20-23-16(10-28-20)13-3-5-15(6-4-13)22-12(2)25/h3-10H,1-2H3,(H,22,25)(H,23,24,26). The number of rotatable bonds is 5. The van der Waals surface area contributed by atoms with Crippen LogP contribution in [0.1, 0.15) is 22.3 Å². The minimum Gasteiger partial charge on any atom is -0.326 e. The van der Waals surface area contributed by atoms with Crippen molar-refractivity contribution in [2.45, 2.75) is 13.8 Å². The second-order valence-corrected chi connectivity index (χ2v) is 8.83. The van der Waals surface area contributed by atoms with Crippen molar-refractivity contribution in [1.82, 2.24) is 9.97 Å². The molecule has 0 aliphatic heterocycles. The molecule has 0 aliphatic carbocycles. The maximum Gasteiger partial charge on any atom is 0.269 e. The lowest BCUT2D eigenvalue weighted by molar-refractivity contribution is -0.114. The molecule has 0 atom stereocenters. The first-order valence-corrected chi connectivity index (χ1v) is 11.3. The van der Waals surface area contributed by atoms with E-state index in [4.69, 9.17) is 0 Å². The maximum absolute atomic E-state index is 12.7. The van der Waals surface area contributed by atoms with Gasteiger partial charge in [0.05, 0.1) is 11.4 Å². The van der Waals surface area contributed by atoms with Crippen LogP contribution >= 0.6 is 34.0 Å². The fourth-order valence-electron chi connectivity index (χ4n) is 2.66. The Labute approximate surface area is 179 Å². The largest absolute Gasteiger partial charge is 0.326 e. The average molecular weight is 441 g/mol. The highest BCUT2D eigenvalue weighted by Crippen LogP contribution is 2.31. The zero-order valence-corrected chi connectivity index (χ0v) is 18.0. The van der Waals surface area contributed by atoms with Crippen LogP contribution in [0.3, 0.4) is 0 Å².